The third-order valence-electron chi connectivity index (χ3n) is 3.99. The molecular weight excluding hydrogens is 257 g/mol. The van der Waals surface area contributed by atoms with Crippen LogP contribution in [0.15, 0.2) is 41.1 Å². The van der Waals surface area contributed by atoms with Gasteiger partial charge in [-0.25, -0.2) is 4.39 Å². The predicted molar refractivity (Wildman–Crippen MR) is 78.0 cm³/mol. The number of thiophene rings is 1. The molecule has 1 aliphatic rings. The molecule has 1 aliphatic carbocycles. The summed E-state index contributed by atoms with van der Waals surface area (Å²) < 4.78 is 13.2. The SMILES string of the molecule is CC(NC1CC(c2cccc(F)c2)C1)c1ccsc1. The maximum Gasteiger partial charge on any atom is 0.123 e. The molecule has 1 N–H and O–H groups in total. The molecule has 1 aromatic heterocycles. The molecule has 3 heteroatoms. The Balaban J connectivity index is 1.53. The number of halogens is 1. The molecule has 1 atom stereocenters. The molecule has 0 bridgehead atoms. The van der Waals surface area contributed by atoms with Crippen molar-refractivity contribution < 1.29 is 4.39 Å². The molecule has 19 heavy (non-hydrogen) atoms. The van der Waals surface area contributed by atoms with E-state index in [9.17, 15) is 4.39 Å². The summed E-state index contributed by atoms with van der Waals surface area (Å²) in [6.07, 6.45) is 2.22. The molecule has 0 spiro atoms. The van der Waals surface area contributed by atoms with Gasteiger partial charge >= 0.3 is 0 Å². The van der Waals surface area contributed by atoms with Gasteiger partial charge < -0.3 is 5.32 Å². The highest BCUT2D eigenvalue weighted by Gasteiger charge is 2.31. The molecule has 1 heterocycles. The maximum absolute atomic E-state index is 13.2. The lowest BCUT2D eigenvalue weighted by Crippen LogP contribution is -2.41. The maximum atomic E-state index is 13.2. The molecule has 0 amide bonds. The quantitative estimate of drug-likeness (QED) is 0.867. The van der Waals surface area contributed by atoms with Crippen LogP contribution in [0.2, 0.25) is 0 Å². The van der Waals surface area contributed by atoms with E-state index in [2.05, 4.69) is 29.1 Å². The number of benzene rings is 1. The summed E-state index contributed by atoms with van der Waals surface area (Å²) in [6.45, 7) is 2.21. The third kappa shape index (κ3) is 2.88. The summed E-state index contributed by atoms with van der Waals surface area (Å²) in [7, 11) is 0. The van der Waals surface area contributed by atoms with Crippen LogP contribution in [0, 0.1) is 5.82 Å². The molecule has 3 rings (SSSR count). The van der Waals surface area contributed by atoms with E-state index in [-0.39, 0.29) is 5.82 Å². The van der Waals surface area contributed by atoms with E-state index in [1.165, 1.54) is 11.6 Å². The Morgan fingerprint density at radius 1 is 1.32 bits per heavy atom. The van der Waals surface area contributed by atoms with E-state index in [1.54, 1.807) is 23.5 Å². The Labute approximate surface area is 117 Å². The summed E-state index contributed by atoms with van der Waals surface area (Å²) in [5, 5.41) is 7.96. The van der Waals surface area contributed by atoms with Gasteiger partial charge in [0.2, 0.25) is 0 Å². The summed E-state index contributed by atoms with van der Waals surface area (Å²) in [5.41, 5.74) is 2.50. The van der Waals surface area contributed by atoms with Crippen molar-refractivity contribution in [3.05, 3.63) is 58.0 Å². The molecular formula is C16H18FNS. The van der Waals surface area contributed by atoms with E-state index in [0.717, 1.165) is 18.4 Å². The minimum atomic E-state index is -0.124. The Morgan fingerprint density at radius 2 is 2.16 bits per heavy atom. The minimum absolute atomic E-state index is 0.124. The van der Waals surface area contributed by atoms with Gasteiger partial charge in [0.1, 0.15) is 5.82 Å². The fourth-order valence-electron chi connectivity index (χ4n) is 2.76. The monoisotopic (exact) mass is 275 g/mol. The topological polar surface area (TPSA) is 12.0 Å². The first-order valence-corrected chi connectivity index (χ1v) is 7.70. The van der Waals surface area contributed by atoms with Gasteiger partial charge in [-0.3, -0.25) is 0 Å². The van der Waals surface area contributed by atoms with Crippen LogP contribution in [0.5, 0.6) is 0 Å². The predicted octanol–water partition coefficient (Wildman–Crippen LogP) is 4.48. The van der Waals surface area contributed by atoms with Gasteiger partial charge in [-0.1, -0.05) is 12.1 Å². The van der Waals surface area contributed by atoms with Crippen molar-refractivity contribution in [1.82, 2.24) is 5.32 Å². The van der Waals surface area contributed by atoms with Crippen molar-refractivity contribution >= 4 is 11.3 Å². The Hall–Kier alpha value is -1.19. The van der Waals surface area contributed by atoms with E-state index in [4.69, 9.17) is 0 Å². The van der Waals surface area contributed by atoms with Crippen LogP contribution >= 0.6 is 11.3 Å². The van der Waals surface area contributed by atoms with Crippen molar-refractivity contribution in [3.8, 4) is 0 Å². The normalized spacial score (nSPS) is 23.9. The van der Waals surface area contributed by atoms with Gasteiger partial charge in [0.25, 0.3) is 0 Å². The smallest absolute Gasteiger partial charge is 0.123 e. The number of hydrogen-bond donors (Lipinski definition) is 1. The molecule has 1 unspecified atom stereocenters. The van der Waals surface area contributed by atoms with Crippen LogP contribution in [0.3, 0.4) is 0 Å². The van der Waals surface area contributed by atoms with Crippen LogP contribution in [0.1, 0.15) is 42.9 Å². The second-order valence-corrected chi connectivity index (χ2v) is 6.15. The number of hydrogen-bond acceptors (Lipinski definition) is 2. The second kappa shape index (κ2) is 5.43. The lowest BCUT2D eigenvalue weighted by atomic mass is 9.75. The Morgan fingerprint density at radius 3 is 2.84 bits per heavy atom. The first-order valence-electron chi connectivity index (χ1n) is 6.76. The fraction of sp³-hybridized carbons (Fsp3) is 0.375. The average molecular weight is 275 g/mol. The zero-order valence-electron chi connectivity index (χ0n) is 11.0. The molecule has 1 fully saturated rings. The van der Waals surface area contributed by atoms with Gasteiger partial charge in [-0.15, -0.1) is 0 Å². The van der Waals surface area contributed by atoms with Gasteiger partial charge in [0, 0.05) is 12.1 Å². The van der Waals surface area contributed by atoms with E-state index in [0.29, 0.717) is 18.0 Å². The van der Waals surface area contributed by atoms with Crippen LogP contribution in [0.4, 0.5) is 4.39 Å². The van der Waals surface area contributed by atoms with E-state index >= 15 is 0 Å². The first kappa shape index (κ1) is 12.8. The van der Waals surface area contributed by atoms with Crippen molar-refractivity contribution in [2.75, 3.05) is 0 Å². The van der Waals surface area contributed by atoms with Crippen molar-refractivity contribution in [2.24, 2.45) is 0 Å². The van der Waals surface area contributed by atoms with E-state index < -0.39 is 0 Å². The van der Waals surface area contributed by atoms with Crippen LogP contribution in [-0.4, -0.2) is 6.04 Å². The third-order valence-corrected chi connectivity index (χ3v) is 4.69. The highest BCUT2D eigenvalue weighted by molar-refractivity contribution is 7.07. The van der Waals surface area contributed by atoms with Gasteiger partial charge in [-0.05, 0) is 65.8 Å². The number of rotatable bonds is 4. The first-order chi connectivity index (χ1) is 9.22. The Kier molecular flexibility index (Phi) is 3.67. The highest BCUT2D eigenvalue weighted by Crippen LogP contribution is 2.38. The minimum Gasteiger partial charge on any atom is -0.307 e. The molecule has 0 radical (unpaired) electrons. The average Bonchev–Trinajstić information content (AvgIpc) is 2.86. The Bertz CT molecular complexity index is 531. The van der Waals surface area contributed by atoms with E-state index in [1.807, 2.05) is 6.07 Å². The lowest BCUT2D eigenvalue weighted by Gasteiger charge is -2.38. The van der Waals surface area contributed by atoms with Gasteiger partial charge in [0.15, 0.2) is 0 Å². The molecule has 1 saturated carbocycles. The summed E-state index contributed by atoms with van der Waals surface area (Å²) in [4.78, 5) is 0. The zero-order valence-corrected chi connectivity index (χ0v) is 11.8. The molecule has 0 saturated heterocycles. The van der Waals surface area contributed by atoms with Gasteiger partial charge in [0.05, 0.1) is 0 Å². The summed E-state index contributed by atoms with van der Waals surface area (Å²) >= 11 is 1.74. The highest BCUT2D eigenvalue weighted by atomic mass is 32.1. The van der Waals surface area contributed by atoms with Crippen molar-refractivity contribution in [2.45, 2.75) is 37.8 Å². The lowest BCUT2D eigenvalue weighted by molar-refractivity contribution is 0.270. The molecule has 1 nitrogen and oxygen atoms in total. The summed E-state index contributed by atoms with van der Waals surface area (Å²) in [6, 6.07) is 10.2. The molecule has 2 aromatic rings. The molecule has 0 aliphatic heterocycles. The standard InChI is InChI=1S/C16H18FNS/c1-11(13-5-6-19-10-13)18-16-8-14(9-16)12-3-2-4-15(17)7-12/h2-7,10-11,14,16,18H,8-9H2,1H3. The van der Waals surface area contributed by atoms with Crippen LogP contribution < -0.4 is 5.32 Å². The molecule has 100 valence electrons. The fourth-order valence-corrected chi connectivity index (χ4v) is 3.51. The molecule has 1 aromatic carbocycles. The van der Waals surface area contributed by atoms with Crippen LogP contribution in [0.25, 0.3) is 0 Å². The second-order valence-electron chi connectivity index (χ2n) is 5.37. The van der Waals surface area contributed by atoms with Crippen molar-refractivity contribution in [1.29, 1.82) is 0 Å². The largest absolute Gasteiger partial charge is 0.307 e. The van der Waals surface area contributed by atoms with Crippen LogP contribution in [-0.2, 0) is 0 Å². The number of nitrogens with one attached hydrogen (secondary N) is 1. The van der Waals surface area contributed by atoms with Crippen molar-refractivity contribution in [3.63, 3.8) is 0 Å². The summed E-state index contributed by atoms with van der Waals surface area (Å²) in [5.74, 6) is 0.392. The van der Waals surface area contributed by atoms with Gasteiger partial charge in [-0.2, -0.15) is 11.3 Å². The zero-order chi connectivity index (χ0) is 13.2.